The number of carbonyl (C=O) groups excluding carboxylic acids is 2. The van der Waals surface area contributed by atoms with Gasteiger partial charge in [0.25, 0.3) is 5.91 Å². The maximum Gasteiger partial charge on any atom is 0.377 e. The summed E-state index contributed by atoms with van der Waals surface area (Å²) in [5.41, 5.74) is 0.873. The molecule has 1 N–H and O–H groups in total. The Morgan fingerprint density at radius 3 is 2.76 bits per heavy atom. The van der Waals surface area contributed by atoms with E-state index in [-0.39, 0.29) is 5.76 Å². The van der Waals surface area contributed by atoms with Crippen molar-refractivity contribution in [2.24, 2.45) is 0 Å². The van der Waals surface area contributed by atoms with Gasteiger partial charge in [-0.1, -0.05) is 28.4 Å². The Morgan fingerprint density at radius 2 is 2.10 bits per heavy atom. The number of hydrogen-bond donors (Lipinski definition) is 1. The zero-order valence-corrected chi connectivity index (χ0v) is 12.4. The summed E-state index contributed by atoms with van der Waals surface area (Å²) in [5, 5.41) is 6.77. The van der Waals surface area contributed by atoms with Crippen LogP contribution >= 0.6 is 23.2 Å². The fourth-order valence-corrected chi connectivity index (χ4v) is 1.78. The minimum atomic E-state index is -0.775. The van der Waals surface area contributed by atoms with E-state index in [0.717, 1.165) is 0 Å². The Labute approximate surface area is 130 Å². The summed E-state index contributed by atoms with van der Waals surface area (Å²) in [6.45, 7) is 1.18. The molecule has 0 aliphatic rings. The predicted molar refractivity (Wildman–Crippen MR) is 76.6 cm³/mol. The van der Waals surface area contributed by atoms with Crippen LogP contribution in [0.3, 0.4) is 0 Å². The van der Waals surface area contributed by atoms with E-state index in [1.807, 2.05) is 0 Å². The number of aromatic nitrogens is 1. The van der Waals surface area contributed by atoms with Gasteiger partial charge >= 0.3 is 5.97 Å². The number of ether oxygens (including phenoxy) is 1. The molecule has 110 valence electrons. The lowest BCUT2D eigenvalue weighted by Crippen LogP contribution is -2.21. The summed E-state index contributed by atoms with van der Waals surface area (Å²) < 4.78 is 9.50. The molecule has 1 amide bonds. The topological polar surface area (TPSA) is 81.4 Å². The van der Waals surface area contributed by atoms with Gasteiger partial charge in [0.2, 0.25) is 5.76 Å². The fourth-order valence-electron chi connectivity index (χ4n) is 1.44. The molecule has 0 spiro atoms. The highest BCUT2D eigenvalue weighted by atomic mass is 35.5. The van der Waals surface area contributed by atoms with E-state index in [4.69, 9.17) is 32.5 Å². The predicted octanol–water partition coefficient (Wildman–Crippen LogP) is 3.09. The average Bonchev–Trinajstić information content (AvgIpc) is 2.87. The second-order valence-corrected chi connectivity index (χ2v) is 4.92. The number of rotatable bonds is 4. The fraction of sp³-hybridized carbons (Fsp3) is 0.154. The van der Waals surface area contributed by atoms with Crippen LogP contribution < -0.4 is 5.32 Å². The van der Waals surface area contributed by atoms with Crippen LogP contribution in [-0.2, 0) is 9.53 Å². The van der Waals surface area contributed by atoms with Gasteiger partial charge in [-0.25, -0.2) is 4.79 Å². The van der Waals surface area contributed by atoms with Crippen molar-refractivity contribution in [1.82, 2.24) is 5.16 Å². The Balaban J connectivity index is 1.90. The molecule has 0 unspecified atom stereocenters. The molecule has 2 rings (SSSR count). The van der Waals surface area contributed by atoms with Gasteiger partial charge in [-0.2, -0.15) is 0 Å². The average molecular weight is 329 g/mol. The lowest BCUT2D eigenvalue weighted by molar-refractivity contribution is -0.119. The second kappa shape index (κ2) is 6.60. The van der Waals surface area contributed by atoms with Crippen molar-refractivity contribution in [3.05, 3.63) is 45.8 Å². The monoisotopic (exact) mass is 328 g/mol. The molecule has 21 heavy (non-hydrogen) atoms. The van der Waals surface area contributed by atoms with E-state index in [2.05, 4.69) is 10.5 Å². The molecule has 0 atom stereocenters. The number of nitrogens with zero attached hydrogens (tertiary/aromatic N) is 1. The Hall–Kier alpha value is -2.05. The maximum absolute atomic E-state index is 11.7. The molecule has 0 aliphatic heterocycles. The summed E-state index contributed by atoms with van der Waals surface area (Å²) in [7, 11) is 0. The lowest BCUT2D eigenvalue weighted by atomic mass is 10.3. The third-order valence-electron chi connectivity index (χ3n) is 2.37. The highest BCUT2D eigenvalue weighted by Crippen LogP contribution is 2.25. The van der Waals surface area contributed by atoms with Gasteiger partial charge in [-0.15, -0.1) is 0 Å². The van der Waals surface area contributed by atoms with Crippen LogP contribution in [-0.4, -0.2) is 23.6 Å². The largest absolute Gasteiger partial charge is 0.450 e. The van der Waals surface area contributed by atoms with E-state index < -0.39 is 18.5 Å². The Bertz CT molecular complexity index is 685. The quantitative estimate of drug-likeness (QED) is 0.872. The van der Waals surface area contributed by atoms with Gasteiger partial charge in [-0.3, -0.25) is 4.79 Å². The van der Waals surface area contributed by atoms with Crippen molar-refractivity contribution in [2.45, 2.75) is 6.92 Å². The zero-order valence-electron chi connectivity index (χ0n) is 10.9. The first-order chi connectivity index (χ1) is 9.95. The maximum atomic E-state index is 11.7. The molecule has 1 heterocycles. The molecular formula is C13H10Cl2N2O4. The van der Waals surface area contributed by atoms with E-state index in [1.165, 1.54) is 12.1 Å². The number of carbonyl (C=O) groups is 2. The summed E-state index contributed by atoms with van der Waals surface area (Å²) in [4.78, 5) is 23.2. The van der Waals surface area contributed by atoms with Gasteiger partial charge in [0.1, 0.15) is 0 Å². The number of halogens is 2. The number of esters is 1. The molecule has 0 saturated carbocycles. The van der Waals surface area contributed by atoms with Crippen molar-refractivity contribution in [1.29, 1.82) is 0 Å². The minimum Gasteiger partial charge on any atom is -0.450 e. The smallest absolute Gasteiger partial charge is 0.377 e. The van der Waals surface area contributed by atoms with Gasteiger partial charge < -0.3 is 14.6 Å². The molecule has 0 aliphatic carbocycles. The molecule has 1 aromatic carbocycles. The number of benzene rings is 1. The number of hydrogen-bond acceptors (Lipinski definition) is 5. The van der Waals surface area contributed by atoms with Gasteiger partial charge in [0.15, 0.2) is 6.61 Å². The normalized spacial score (nSPS) is 10.2. The van der Waals surface area contributed by atoms with Crippen molar-refractivity contribution < 1.29 is 18.8 Å². The molecule has 0 radical (unpaired) electrons. The van der Waals surface area contributed by atoms with E-state index in [9.17, 15) is 9.59 Å². The van der Waals surface area contributed by atoms with Crippen LogP contribution in [0.15, 0.2) is 28.8 Å². The highest BCUT2D eigenvalue weighted by molar-refractivity contribution is 6.35. The third kappa shape index (κ3) is 4.21. The first kappa shape index (κ1) is 15.3. The highest BCUT2D eigenvalue weighted by Gasteiger charge is 2.15. The number of anilines is 1. The number of aryl methyl sites for hydroxylation is 1. The molecule has 2 aromatic rings. The number of nitrogens with one attached hydrogen (secondary N) is 1. The van der Waals surface area contributed by atoms with E-state index in [1.54, 1.807) is 19.1 Å². The van der Waals surface area contributed by atoms with Crippen molar-refractivity contribution in [2.75, 3.05) is 11.9 Å². The van der Waals surface area contributed by atoms with Crippen LogP contribution in [0.5, 0.6) is 0 Å². The second-order valence-electron chi connectivity index (χ2n) is 4.08. The van der Waals surface area contributed by atoms with Gasteiger partial charge in [0, 0.05) is 11.1 Å². The first-order valence-corrected chi connectivity index (χ1v) is 6.56. The summed E-state index contributed by atoms with van der Waals surface area (Å²) in [6, 6.07) is 6.03. The van der Waals surface area contributed by atoms with Crippen LogP contribution in [0.1, 0.15) is 16.2 Å². The molecule has 0 fully saturated rings. The summed E-state index contributed by atoms with van der Waals surface area (Å²) in [5.74, 6) is -1.40. The first-order valence-electron chi connectivity index (χ1n) is 5.81. The van der Waals surface area contributed by atoms with Crippen LogP contribution in [0.25, 0.3) is 0 Å². The minimum absolute atomic E-state index is 0.0684. The van der Waals surface area contributed by atoms with Crippen molar-refractivity contribution in [3.8, 4) is 0 Å². The molecule has 0 saturated heterocycles. The van der Waals surface area contributed by atoms with Crippen LogP contribution in [0, 0.1) is 6.92 Å². The van der Waals surface area contributed by atoms with Gasteiger partial charge in [-0.05, 0) is 25.1 Å². The summed E-state index contributed by atoms with van der Waals surface area (Å²) >= 11 is 11.7. The van der Waals surface area contributed by atoms with Crippen molar-refractivity contribution >= 4 is 40.8 Å². The molecule has 1 aromatic heterocycles. The standard InChI is InChI=1S/C13H10Cl2N2O4/c1-7-4-11(21-17-7)13(19)20-6-12(18)16-10-5-8(14)2-3-9(10)15/h2-5H,6H2,1H3,(H,16,18). The molecule has 0 bridgehead atoms. The Kier molecular flexibility index (Phi) is 4.82. The SMILES string of the molecule is Cc1cc(C(=O)OCC(=O)Nc2cc(Cl)ccc2Cl)on1. The van der Waals surface area contributed by atoms with E-state index in [0.29, 0.717) is 21.4 Å². The van der Waals surface area contributed by atoms with Crippen LogP contribution in [0.2, 0.25) is 10.0 Å². The van der Waals surface area contributed by atoms with Gasteiger partial charge in [0.05, 0.1) is 16.4 Å². The molecule has 8 heteroatoms. The Morgan fingerprint density at radius 1 is 1.33 bits per heavy atom. The lowest BCUT2D eigenvalue weighted by Gasteiger charge is -2.07. The van der Waals surface area contributed by atoms with Crippen molar-refractivity contribution in [3.63, 3.8) is 0 Å². The number of amides is 1. The molecule has 6 nitrogen and oxygen atoms in total. The third-order valence-corrected chi connectivity index (χ3v) is 2.93. The zero-order chi connectivity index (χ0) is 15.4. The summed E-state index contributed by atoms with van der Waals surface area (Å²) in [6.07, 6.45) is 0. The van der Waals surface area contributed by atoms with Crippen LogP contribution in [0.4, 0.5) is 5.69 Å². The van der Waals surface area contributed by atoms with E-state index >= 15 is 0 Å². The molecular weight excluding hydrogens is 319 g/mol.